The summed E-state index contributed by atoms with van der Waals surface area (Å²) in [5.74, 6) is -0.157. The molecule has 1 saturated heterocycles. The lowest BCUT2D eigenvalue weighted by Gasteiger charge is -2.24. The number of aliphatic hydroxyl groups excluding tert-OH is 1. The highest BCUT2D eigenvalue weighted by Crippen LogP contribution is 2.10. The Balaban J connectivity index is 2.24. The van der Waals surface area contributed by atoms with Crippen LogP contribution in [-0.2, 0) is 9.59 Å². The van der Waals surface area contributed by atoms with Gasteiger partial charge in [-0.1, -0.05) is 0 Å². The van der Waals surface area contributed by atoms with Crippen molar-refractivity contribution < 1.29 is 14.7 Å². The van der Waals surface area contributed by atoms with Crippen molar-refractivity contribution in [1.82, 2.24) is 10.2 Å². The minimum absolute atomic E-state index is 0.0786. The molecule has 15 heavy (non-hydrogen) atoms. The third-order valence-electron chi connectivity index (χ3n) is 2.34. The summed E-state index contributed by atoms with van der Waals surface area (Å²) in [4.78, 5) is 24.0. The average molecular weight is 214 g/mol. The van der Waals surface area contributed by atoms with Gasteiger partial charge in [-0.15, -0.1) is 0 Å². The molecule has 0 saturated carbocycles. The van der Waals surface area contributed by atoms with E-state index in [0.717, 1.165) is 0 Å². The van der Waals surface area contributed by atoms with Crippen LogP contribution in [0.3, 0.4) is 0 Å². The predicted octanol–water partition coefficient (Wildman–Crippen LogP) is -0.504. The zero-order chi connectivity index (χ0) is 11.3. The second-order valence-electron chi connectivity index (χ2n) is 3.85. The molecule has 1 atom stereocenters. The van der Waals surface area contributed by atoms with Gasteiger partial charge in [0.2, 0.25) is 11.8 Å². The SMILES string of the molecule is CC(O)CNCCN1C(=O)CCCC1=O. The third-order valence-corrected chi connectivity index (χ3v) is 2.34. The predicted molar refractivity (Wildman–Crippen MR) is 55.1 cm³/mol. The van der Waals surface area contributed by atoms with Crippen molar-refractivity contribution in [3.8, 4) is 0 Å². The van der Waals surface area contributed by atoms with Crippen LogP contribution in [0, 0.1) is 0 Å². The third kappa shape index (κ3) is 3.97. The largest absolute Gasteiger partial charge is 0.392 e. The normalized spacial score (nSPS) is 19.5. The van der Waals surface area contributed by atoms with Gasteiger partial charge in [-0.05, 0) is 13.3 Å². The Morgan fingerprint density at radius 2 is 2.00 bits per heavy atom. The lowest BCUT2D eigenvalue weighted by Crippen LogP contribution is -2.44. The van der Waals surface area contributed by atoms with Gasteiger partial charge in [-0.3, -0.25) is 14.5 Å². The van der Waals surface area contributed by atoms with Crippen LogP contribution in [0.2, 0.25) is 0 Å². The Morgan fingerprint density at radius 3 is 2.53 bits per heavy atom. The van der Waals surface area contributed by atoms with Crippen molar-refractivity contribution in [1.29, 1.82) is 0 Å². The molecule has 1 fully saturated rings. The lowest BCUT2D eigenvalue weighted by molar-refractivity contribution is -0.147. The number of rotatable bonds is 5. The lowest BCUT2D eigenvalue weighted by atomic mass is 10.1. The van der Waals surface area contributed by atoms with Crippen molar-refractivity contribution in [3.63, 3.8) is 0 Å². The molecule has 0 aromatic rings. The van der Waals surface area contributed by atoms with E-state index in [0.29, 0.717) is 38.9 Å². The maximum atomic E-state index is 11.4. The molecule has 0 radical (unpaired) electrons. The number of piperidine rings is 1. The summed E-state index contributed by atoms with van der Waals surface area (Å²) in [6.07, 6.45) is 1.22. The Kier molecular flexibility index (Phi) is 4.71. The van der Waals surface area contributed by atoms with Crippen molar-refractivity contribution in [3.05, 3.63) is 0 Å². The highest BCUT2D eigenvalue weighted by atomic mass is 16.3. The van der Waals surface area contributed by atoms with E-state index < -0.39 is 6.10 Å². The van der Waals surface area contributed by atoms with Crippen molar-refractivity contribution in [2.75, 3.05) is 19.6 Å². The summed E-state index contributed by atoms with van der Waals surface area (Å²) in [7, 11) is 0. The Hall–Kier alpha value is -0.940. The summed E-state index contributed by atoms with van der Waals surface area (Å²) in [5.41, 5.74) is 0. The summed E-state index contributed by atoms with van der Waals surface area (Å²) in [6, 6.07) is 0. The van der Waals surface area contributed by atoms with Gasteiger partial charge in [0.15, 0.2) is 0 Å². The van der Waals surface area contributed by atoms with Crippen LogP contribution in [0.4, 0.5) is 0 Å². The number of hydrogen-bond acceptors (Lipinski definition) is 4. The number of carbonyl (C=O) groups excluding carboxylic acids is 2. The van der Waals surface area contributed by atoms with E-state index in [1.807, 2.05) is 0 Å². The fourth-order valence-electron chi connectivity index (χ4n) is 1.55. The van der Waals surface area contributed by atoms with E-state index >= 15 is 0 Å². The van der Waals surface area contributed by atoms with E-state index in [4.69, 9.17) is 5.11 Å². The van der Waals surface area contributed by atoms with Crippen LogP contribution in [0.1, 0.15) is 26.2 Å². The van der Waals surface area contributed by atoms with E-state index in [-0.39, 0.29) is 11.8 Å². The van der Waals surface area contributed by atoms with Crippen LogP contribution in [0.5, 0.6) is 0 Å². The van der Waals surface area contributed by atoms with Crippen LogP contribution in [0.15, 0.2) is 0 Å². The first-order chi connectivity index (χ1) is 7.11. The minimum Gasteiger partial charge on any atom is -0.392 e. The topological polar surface area (TPSA) is 69.6 Å². The molecule has 0 aromatic carbocycles. The second kappa shape index (κ2) is 5.82. The van der Waals surface area contributed by atoms with Gasteiger partial charge in [0, 0.05) is 32.5 Å². The molecule has 5 heteroatoms. The van der Waals surface area contributed by atoms with Crippen molar-refractivity contribution in [2.45, 2.75) is 32.3 Å². The van der Waals surface area contributed by atoms with Gasteiger partial charge in [0.1, 0.15) is 0 Å². The van der Waals surface area contributed by atoms with Crippen LogP contribution in [0.25, 0.3) is 0 Å². The molecular formula is C10H18N2O3. The molecule has 1 aliphatic rings. The number of carbonyl (C=O) groups is 2. The van der Waals surface area contributed by atoms with Gasteiger partial charge < -0.3 is 10.4 Å². The van der Waals surface area contributed by atoms with Gasteiger partial charge in [-0.2, -0.15) is 0 Å². The van der Waals surface area contributed by atoms with Gasteiger partial charge in [0.25, 0.3) is 0 Å². The molecule has 5 nitrogen and oxygen atoms in total. The molecule has 0 spiro atoms. The quantitative estimate of drug-likeness (QED) is 0.478. The number of nitrogens with zero attached hydrogens (tertiary/aromatic N) is 1. The molecule has 1 rings (SSSR count). The first-order valence-electron chi connectivity index (χ1n) is 5.33. The number of amides is 2. The summed E-state index contributed by atoms with van der Waals surface area (Å²) in [6.45, 7) is 3.12. The summed E-state index contributed by atoms with van der Waals surface area (Å²) in [5, 5.41) is 12.0. The van der Waals surface area contributed by atoms with Crippen LogP contribution in [-0.4, -0.2) is 47.6 Å². The highest BCUT2D eigenvalue weighted by Gasteiger charge is 2.24. The maximum Gasteiger partial charge on any atom is 0.229 e. The molecule has 0 aliphatic carbocycles. The van der Waals surface area contributed by atoms with Gasteiger partial charge >= 0.3 is 0 Å². The zero-order valence-electron chi connectivity index (χ0n) is 9.03. The van der Waals surface area contributed by atoms with Crippen molar-refractivity contribution in [2.24, 2.45) is 0 Å². The average Bonchev–Trinajstić information content (AvgIpc) is 2.15. The molecule has 2 amide bonds. The Bertz CT molecular complexity index is 225. The highest BCUT2D eigenvalue weighted by molar-refractivity contribution is 5.97. The first-order valence-corrected chi connectivity index (χ1v) is 5.33. The van der Waals surface area contributed by atoms with Crippen LogP contribution >= 0.6 is 0 Å². The number of likely N-dealkylation sites (tertiary alicyclic amines) is 1. The maximum absolute atomic E-state index is 11.4. The molecule has 86 valence electrons. The molecule has 2 N–H and O–H groups in total. The fraction of sp³-hybridized carbons (Fsp3) is 0.800. The fourth-order valence-corrected chi connectivity index (χ4v) is 1.55. The van der Waals surface area contributed by atoms with E-state index in [2.05, 4.69) is 5.32 Å². The molecule has 1 aliphatic heterocycles. The standard InChI is InChI=1S/C10H18N2O3/c1-8(13)7-11-5-6-12-9(14)3-2-4-10(12)15/h8,11,13H,2-7H2,1H3. The first kappa shape index (κ1) is 12.1. The van der Waals surface area contributed by atoms with E-state index in [1.54, 1.807) is 6.92 Å². The van der Waals surface area contributed by atoms with Crippen LogP contribution < -0.4 is 5.32 Å². The number of aliphatic hydroxyl groups is 1. The molecule has 0 bridgehead atoms. The number of imide groups is 1. The molecular weight excluding hydrogens is 196 g/mol. The summed E-state index contributed by atoms with van der Waals surface area (Å²) < 4.78 is 0. The molecule has 0 aromatic heterocycles. The monoisotopic (exact) mass is 214 g/mol. The van der Waals surface area contributed by atoms with Gasteiger partial charge in [-0.25, -0.2) is 0 Å². The Morgan fingerprint density at radius 1 is 1.40 bits per heavy atom. The van der Waals surface area contributed by atoms with Crippen molar-refractivity contribution >= 4 is 11.8 Å². The Labute approximate surface area is 89.4 Å². The number of nitrogens with one attached hydrogen (secondary N) is 1. The number of hydrogen-bond donors (Lipinski definition) is 2. The minimum atomic E-state index is -0.405. The second-order valence-corrected chi connectivity index (χ2v) is 3.85. The molecule has 1 heterocycles. The summed E-state index contributed by atoms with van der Waals surface area (Å²) >= 11 is 0. The smallest absolute Gasteiger partial charge is 0.229 e. The van der Waals surface area contributed by atoms with E-state index in [9.17, 15) is 9.59 Å². The molecule has 1 unspecified atom stereocenters. The van der Waals surface area contributed by atoms with E-state index in [1.165, 1.54) is 4.90 Å². The van der Waals surface area contributed by atoms with Gasteiger partial charge in [0.05, 0.1) is 6.10 Å². The zero-order valence-corrected chi connectivity index (χ0v) is 9.03.